The van der Waals surface area contributed by atoms with Crippen molar-refractivity contribution in [2.75, 3.05) is 24.7 Å². The number of nitrogen functional groups attached to an aromatic ring is 2. The minimum atomic E-state index is -4.75. The minimum absolute atomic E-state index is 0.0296. The van der Waals surface area contributed by atoms with Crippen LogP contribution in [0.25, 0.3) is 22.3 Å². The standard InChI is InChI=1S/C20H24N10O10P2/c21-16-14-17(24-5-23-16)29(6-25-14)13-2-9(11(39-13)3-36-41-33)40-42(34,35)37-4-10-8(31)1-12(38-10)30-7-26-15-18(30)27-20(22)28-19(15)32/h5-13,31H,1-4H2,(H,34,35)(H2,21,23,24)(H3,22,27,28,32)/t8-,9-,10+,11+,12+,13+/m0/s1. The van der Waals surface area contributed by atoms with Gasteiger partial charge in [-0.05, 0) is 0 Å². The molecular weight excluding hydrogens is 602 g/mol. The molecular formula is C20H24N10O10P2. The van der Waals surface area contributed by atoms with Crippen molar-refractivity contribution in [3.63, 3.8) is 0 Å². The molecule has 22 heteroatoms. The molecule has 6 heterocycles. The lowest BCUT2D eigenvalue weighted by Crippen LogP contribution is -2.29. The van der Waals surface area contributed by atoms with E-state index in [0.717, 1.165) is 0 Å². The average Bonchev–Trinajstić information content (AvgIpc) is 3.71. The number of ether oxygens (including phenoxy) is 2. The first-order valence-electron chi connectivity index (χ1n) is 12.4. The first-order valence-corrected chi connectivity index (χ1v) is 14.6. The van der Waals surface area contributed by atoms with Gasteiger partial charge in [0.2, 0.25) is 5.95 Å². The number of aromatic nitrogens is 8. The van der Waals surface area contributed by atoms with E-state index < -0.39 is 65.5 Å². The quantitative estimate of drug-likeness (QED) is 0.142. The summed E-state index contributed by atoms with van der Waals surface area (Å²) < 4.78 is 54.1. The molecule has 7 N–H and O–H groups in total. The Hall–Kier alpha value is -3.45. The zero-order valence-electron chi connectivity index (χ0n) is 21.4. The summed E-state index contributed by atoms with van der Waals surface area (Å²) >= 11 is 0. The molecule has 2 saturated heterocycles. The number of H-pyrrole nitrogens is 1. The molecule has 6 rings (SSSR count). The molecule has 1 unspecified atom stereocenters. The molecule has 0 saturated carbocycles. The van der Waals surface area contributed by atoms with E-state index in [-0.39, 0.29) is 42.4 Å². The minimum Gasteiger partial charge on any atom is -0.390 e. The average molecular weight is 626 g/mol. The van der Waals surface area contributed by atoms with E-state index in [4.69, 9.17) is 34.5 Å². The van der Waals surface area contributed by atoms with Gasteiger partial charge in [-0.15, -0.1) is 0 Å². The van der Waals surface area contributed by atoms with Crippen LogP contribution in [0.3, 0.4) is 0 Å². The number of hydrogen-bond donors (Lipinski definition) is 5. The van der Waals surface area contributed by atoms with Gasteiger partial charge >= 0.3 is 16.5 Å². The van der Waals surface area contributed by atoms with Crippen molar-refractivity contribution in [1.82, 2.24) is 39.0 Å². The van der Waals surface area contributed by atoms with Gasteiger partial charge in [0.1, 0.15) is 42.6 Å². The van der Waals surface area contributed by atoms with Gasteiger partial charge in [0.15, 0.2) is 22.6 Å². The first kappa shape index (κ1) is 28.7. The van der Waals surface area contributed by atoms with Gasteiger partial charge in [0, 0.05) is 12.8 Å². The SMILES string of the molecule is Nc1nc2c(ncn2[C@H]2C[C@H](O)[C@@H](COP(=O)(O)O[C@H]3C[C@H](n4cnc5c(N)ncnc54)O[C@@H]3COP=O)O2)c(=O)[nH]1. The number of aliphatic hydroxyl groups excluding tert-OH is 1. The summed E-state index contributed by atoms with van der Waals surface area (Å²) in [4.78, 5) is 45.3. The van der Waals surface area contributed by atoms with Gasteiger partial charge in [-0.2, -0.15) is 4.98 Å². The van der Waals surface area contributed by atoms with Gasteiger partial charge < -0.3 is 30.9 Å². The Kier molecular flexibility index (Phi) is 7.73. The van der Waals surface area contributed by atoms with Gasteiger partial charge in [-0.3, -0.25) is 32.5 Å². The maximum absolute atomic E-state index is 12.9. The lowest BCUT2D eigenvalue weighted by molar-refractivity contribution is -0.0528. The van der Waals surface area contributed by atoms with Crippen LogP contribution in [0.1, 0.15) is 25.3 Å². The highest BCUT2D eigenvalue weighted by atomic mass is 31.2. The van der Waals surface area contributed by atoms with Crippen LogP contribution >= 0.6 is 16.5 Å². The normalized spacial score (nSPS) is 27.8. The Morgan fingerprint density at radius 2 is 1.76 bits per heavy atom. The fourth-order valence-corrected chi connectivity index (χ4v) is 6.04. The molecule has 7 atom stereocenters. The third-order valence-electron chi connectivity index (χ3n) is 6.80. The molecule has 224 valence electrons. The molecule has 0 radical (unpaired) electrons. The summed E-state index contributed by atoms with van der Waals surface area (Å²) in [5.74, 6) is 0.0398. The van der Waals surface area contributed by atoms with Crippen molar-refractivity contribution >= 4 is 50.6 Å². The number of anilines is 2. The second kappa shape index (κ2) is 11.3. The number of nitrogens with one attached hydrogen (secondary N) is 1. The van der Waals surface area contributed by atoms with Crippen molar-refractivity contribution in [3.05, 3.63) is 29.3 Å². The van der Waals surface area contributed by atoms with Crippen LogP contribution in [0.2, 0.25) is 0 Å². The maximum Gasteiger partial charge on any atom is 0.472 e. The van der Waals surface area contributed by atoms with Crippen LogP contribution < -0.4 is 17.0 Å². The van der Waals surface area contributed by atoms with Gasteiger partial charge in [-0.1, -0.05) is 0 Å². The number of nitrogens with zero attached hydrogens (tertiary/aromatic N) is 7. The second-order valence-corrected chi connectivity index (χ2v) is 11.2. The molecule has 0 bridgehead atoms. The summed E-state index contributed by atoms with van der Waals surface area (Å²) in [5, 5.41) is 10.5. The van der Waals surface area contributed by atoms with Gasteiger partial charge in [0.05, 0.1) is 32.0 Å². The van der Waals surface area contributed by atoms with Gasteiger partial charge in [-0.25, -0.2) is 29.1 Å². The highest BCUT2D eigenvalue weighted by Crippen LogP contribution is 2.49. The van der Waals surface area contributed by atoms with E-state index in [1.165, 1.54) is 23.5 Å². The van der Waals surface area contributed by atoms with E-state index in [2.05, 4.69) is 29.9 Å². The number of hydrogen-bond acceptors (Lipinski definition) is 16. The van der Waals surface area contributed by atoms with Crippen LogP contribution in [0, 0.1) is 0 Å². The molecule has 0 amide bonds. The fourth-order valence-electron chi connectivity index (χ4n) is 4.88. The fraction of sp³-hybridized carbons (Fsp3) is 0.500. The number of aromatic amines is 1. The van der Waals surface area contributed by atoms with Crippen molar-refractivity contribution in [2.24, 2.45) is 0 Å². The molecule has 0 aliphatic carbocycles. The number of phosphoric acid groups is 1. The Morgan fingerprint density at radius 1 is 1.05 bits per heavy atom. The molecule has 20 nitrogen and oxygen atoms in total. The highest BCUT2D eigenvalue weighted by molar-refractivity contribution is 7.47. The molecule has 2 aliphatic heterocycles. The van der Waals surface area contributed by atoms with Crippen molar-refractivity contribution < 1.29 is 42.2 Å². The summed E-state index contributed by atoms with van der Waals surface area (Å²) in [7, 11) is -5.37. The molecule has 4 aromatic rings. The zero-order chi connectivity index (χ0) is 29.6. The predicted octanol–water partition coefficient (Wildman–Crippen LogP) is -0.215. The van der Waals surface area contributed by atoms with Crippen LogP contribution in [-0.2, 0) is 32.2 Å². The van der Waals surface area contributed by atoms with E-state index in [9.17, 15) is 23.9 Å². The lowest BCUT2D eigenvalue weighted by Gasteiger charge is -2.22. The number of aliphatic hydroxyl groups is 1. The summed E-state index contributed by atoms with van der Waals surface area (Å²) in [6, 6.07) is 0. The van der Waals surface area contributed by atoms with Crippen LogP contribution in [0.5, 0.6) is 0 Å². The Balaban J connectivity index is 1.12. The highest BCUT2D eigenvalue weighted by Gasteiger charge is 2.44. The Labute approximate surface area is 235 Å². The topological polar surface area (TPSA) is 280 Å². The largest absolute Gasteiger partial charge is 0.472 e. The predicted molar refractivity (Wildman–Crippen MR) is 140 cm³/mol. The van der Waals surface area contributed by atoms with E-state index >= 15 is 0 Å². The number of phosphoric ester groups is 1. The third-order valence-corrected chi connectivity index (χ3v) is 8.07. The third kappa shape index (κ3) is 5.51. The maximum atomic E-state index is 12.9. The van der Waals surface area contributed by atoms with E-state index in [1.807, 2.05) is 0 Å². The van der Waals surface area contributed by atoms with Gasteiger partial charge in [0.25, 0.3) is 5.56 Å². The Morgan fingerprint density at radius 3 is 2.55 bits per heavy atom. The number of fused-ring (bicyclic) bond motifs is 2. The van der Waals surface area contributed by atoms with Crippen LogP contribution in [0.4, 0.5) is 11.8 Å². The Bertz CT molecular complexity index is 1730. The molecule has 2 fully saturated rings. The molecule has 0 spiro atoms. The van der Waals surface area contributed by atoms with Crippen molar-refractivity contribution in [3.8, 4) is 0 Å². The number of nitrogens with two attached hydrogens (primary N) is 2. The molecule has 2 aliphatic rings. The summed E-state index contributed by atoms with van der Waals surface area (Å²) in [5.41, 5.74) is 11.8. The van der Waals surface area contributed by atoms with Crippen molar-refractivity contribution in [1.29, 1.82) is 0 Å². The summed E-state index contributed by atoms with van der Waals surface area (Å²) in [6.07, 6.45) is -1.59. The lowest BCUT2D eigenvalue weighted by atomic mass is 10.2. The zero-order valence-corrected chi connectivity index (χ0v) is 23.2. The first-order chi connectivity index (χ1) is 20.1. The molecule has 0 aromatic carbocycles. The summed E-state index contributed by atoms with van der Waals surface area (Å²) in [6.45, 7) is -0.754. The van der Waals surface area contributed by atoms with Crippen LogP contribution in [-0.4, -0.2) is 86.7 Å². The van der Waals surface area contributed by atoms with E-state index in [1.54, 1.807) is 4.57 Å². The monoisotopic (exact) mass is 626 g/mol. The van der Waals surface area contributed by atoms with Crippen molar-refractivity contribution in [2.45, 2.75) is 49.7 Å². The van der Waals surface area contributed by atoms with Crippen LogP contribution in [0.15, 0.2) is 23.8 Å². The number of rotatable bonds is 10. The number of imidazole rings is 2. The molecule has 4 aromatic heterocycles. The van der Waals surface area contributed by atoms with E-state index in [0.29, 0.717) is 11.2 Å². The smallest absolute Gasteiger partial charge is 0.390 e. The second-order valence-electron chi connectivity index (χ2n) is 9.43. The molecule has 42 heavy (non-hydrogen) atoms.